The Balaban J connectivity index is 1.35. The van der Waals surface area contributed by atoms with Crippen molar-refractivity contribution >= 4 is 46.2 Å². The normalized spacial score (nSPS) is 14.1. The molecule has 1 aliphatic rings. The highest BCUT2D eigenvalue weighted by atomic mass is 35.5. The summed E-state index contributed by atoms with van der Waals surface area (Å²) < 4.78 is 0. The van der Waals surface area contributed by atoms with Crippen LogP contribution in [0, 0.1) is 0 Å². The lowest BCUT2D eigenvalue weighted by atomic mass is 9.97. The summed E-state index contributed by atoms with van der Waals surface area (Å²) >= 11 is 7.51. The number of piperidine rings is 1. The van der Waals surface area contributed by atoms with E-state index in [1.165, 1.54) is 11.3 Å². The SMILES string of the molecule is CC(=O)CCCC(=O)N1CCC(c2nc(C(=O)Nc3ccccc3-c3ccc(Cl)cc3)cs2)CC1. The predicted molar refractivity (Wildman–Crippen MR) is 140 cm³/mol. The zero-order valence-corrected chi connectivity index (χ0v) is 21.2. The fourth-order valence-electron chi connectivity index (χ4n) is 4.26. The summed E-state index contributed by atoms with van der Waals surface area (Å²) in [6, 6.07) is 15.2. The predicted octanol–water partition coefficient (Wildman–Crippen LogP) is 6.18. The van der Waals surface area contributed by atoms with Crippen LogP contribution in [0.15, 0.2) is 53.9 Å². The average Bonchev–Trinajstić information content (AvgIpc) is 3.35. The first kappa shape index (κ1) is 25.1. The van der Waals surface area contributed by atoms with E-state index in [1.807, 2.05) is 53.4 Å². The van der Waals surface area contributed by atoms with Crippen molar-refractivity contribution in [1.29, 1.82) is 0 Å². The number of Topliss-reactive ketones (excluding diaryl/α,β-unsaturated/α-hetero) is 1. The lowest BCUT2D eigenvalue weighted by molar-refractivity contribution is -0.132. The summed E-state index contributed by atoms with van der Waals surface area (Å²) in [6.07, 6.45) is 3.14. The van der Waals surface area contributed by atoms with Crippen molar-refractivity contribution in [3.8, 4) is 11.1 Å². The highest BCUT2D eigenvalue weighted by Gasteiger charge is 2.26. The minimum atomic E-state index is -0.244. The molecule has 3 aromatic rings. The van der Waals surface area contributed by atoms with Crippen LogP contribution in [-0.4, -0.2) is 40.6 Å². The second kappa shape index (κ2) is 11.6. The number of hydrogen-bond donors (Lipinski definition) is 1. The van der Waals surface area contributed by atoms with Gasteiger partial charge in [-0.3, -0.25) is 9.59 Å². The van der Waals surface area contributed by atoms with Gasteiger partial charge in [-0.15, -0.1) is 11.3 Å². The molecule has 35 heavy (non-hydrogen) atoms. The number of carbonyl (C=O) groups is 3. The van der Waals surface area contributed by atoms with Crippen LogP contribution in [0.2, 0.25) is 5.02 Å². The number of para-hydroxylation sites is 1. The van der Waals surface area contributed by atoms with E-state index in [0.717, 1.165) is 29.0 Å². The van der Waals surface area contributed by atoms with Crippen molar-refractivity contribution in [2.24, 2.45) is 0 Å². The van der Waals surface area contributed by atoms with Crippen molar-refractivity contribution < 1.29 is 14.4 Å². The molecule has 8 heteroatoms. The quantitative estimate of drug-likeness (QED) is 0.393. The molecule has 1 saturated heterocycles. The first-order valence-corrected chi connectivity index (χ1v) is 13.1. The number of nitrogens with one attached hydrogen (secondary N) is 1. The molecular formula is C27H28ClN3O3S. The molecule has 2 amide bonds. The molecular weight excluding hydrogens is 482 g/mol. The zero-order valence-electron chi connectivity index (χ0n) is 19.6. The number of rotatable bonds is 8. The van der Waals surface area contributed by atoms with Gasteiger partial charge in [-0.05, 0) is 49.9 Å². The Labute approximate surface area is 214 Å². The number of nitrogens with zero attached hydrogens (tertiary/aromatic N) is 2. The highest BCUT2D eigenvalue weighted by Crippen LogP contribution is 2.32. The first-order valence-electron chi connectivity index (χ1n) is 11.8. The molecule has 0 bridgehead atoms. The lowest BCUT2D eigenvalue weighted by Gasteiger charge is -2.31. The number of ketones is 1. The number of hydrogen-bond acceptors (Lipinski definition) is 5. The molecule has 0 spiro atoms. The number of likely N-dealkylation sites (tertiary alicyclic amines) is 1. The van der Waals surface area contributed by atoms with Gasteiger partial charge in [0.2, 0.25) is 5.91 Å². The highest BCUT2D eigenvalue weighted by molar-refractivity contribution is 7.10. The number of carbonyl (C=O) groups excluding carboxylic acids is 3. The molecule has 0 radical (unpaired) electrons. The Morgan fingerprint density at radius 3 is 2.49 bits per heavy atom. The third-order valence-corrected chi connectivity index (χ3v) is 7.46. The van der Waals surface area contributed by atoms with E-state index < -0.39 is 0 Å². The fraction of sp³-hybridized carbons (Fsp3) is 0.333. The van der Waals surface area contributed by atoms with E-state index in [0.29, 0.717) is 48.8 Å². The maximum Gasteiger partial charge on any atom is 0.275 e. The van der Waals surface area contributed by atoms with E-state index in [2.05, 4.69) is 10.3 Å². The van der Waals surface area contributed by atoms with E-state index in [9.17, 15) is 14.4 Å². The number of thiazole rings is 1. The van der Waals surface area contributed by atoms with Crippen LogP contribution in [-0.2, 0) is 9.59 Å². The Bertz CT molecular complexity index is 1200. The van der Waals surface area contributed by atoms with Crippen LogP contribution in [0.1, 0.15) is 60.4 Å². The van der Waals surface area contributed by atoms with Gasteiger partial charge in [0.1, 0.15) is 11.5 Å². The number of halogens is 1. The smallest absolute Gasteiger partial charge is 0.275 e. The minimum Gasteiger partial charge on any atom is -0.343 e. The number of aromatic nitrogens is 1. The molecule has 4 rings (SSSR count). The van der Waals surface area contributed by atoms with E-state index in [1.54, 1.807) is 12.3 Å². The molecule has 0 aliphatic carbocycles. The number of anilines is 1. The van der Waals surface area contributed by atoms with Crippen molar-refractivity contribution in [3.63, 3.8) is 0 Å². The maximum atomic E-state index is 13.0. The topological polar surface area (TPSA) is 79.4 Å². The van der Waals surface area contributed by atoms with Crippen LogP contribution >= 0.6 is 22.9 Å². The Hall–Kier alpha value is -3.03. The summed E-state index contributed by atoms with van der Waals surface area (Å²) in [6.45, 7) is 2.91. The van der Waals surface area contributed by atoms with Gasteiger partial charge >= 0.3 is 0 Å². The average molecular weight is 510 g/mol. The Kier molecular flexibility index (Phi) is 8.31. The molecule has 182 valence electrons. The maximum absolute atomic E-state index is 13.0. The van der Waals surface area contributed by atoms with Gasteiger partial charge in [0.05, 0.1) is 5.01 Å². The van der Waals surface area contributed by atoms with Gasteiger partial charge in [0.25, 0.3) is 5.91 Å². The number of benzene rings is 2. The van der Waals surface area contributed by atoms with E-state index in [-0.39, 0.29) is 23.5 Å². The van der Waals surface area contributed by atoms with Crippen molar-refractivity contribution in [2.75, 3.05) is 18.4 Å². The van der Waals surface area contributed by atoms with Gasteiger partial charge in [0.15, 0.2) is 0 Å². The molecule has 0 saturated carbocycles. The molecule has 1 fully saturated rings. The summed E-state index contributed by atoms with van der Waals surface area (Å²) in [7, 11) is 0. The van der Waals surface area contributed by atoms with Gasteiger partial charge in [-0.1, -0.05) is 41.9 Å². The second-order valence-corrected chi connectivity index (χ2v) is 10.1. The Morgan fingerprint density at radius 1 is 1.06 bits per heavy atom. The summed E-state index contributed by atoms with van der Waals surface area (Å²) in [4.78, 5) is 42.9. The van der Waals surface area contributed by atoms with Crippen LogP contribution < -0.4 is 5.32 Å². The summed E-state index contributed by atoms with van der Waals surface area (Å²) in [5.74, 6) is 0.230. The van der Waals surface area contributed by atoms with E-state index >= 15 is 0 Å². The van der Waals surface area contributed by atoms with Crippen molar-refractivity contribution in [3.05, 3.63) is 69.6 Å². The van der Waals surface area contributed by atoms with Crippen LogP contribution in [0.5, 0.6) is 0 Å². The standard InChI is InChI=1S/C27H28ClN3O3S/c1-18(32)5-4-8-25(33)31-15-13-20(14-16-31)27-30-24(17-35-27)26(34)29-23-7-3-2-6-22(23)19-9-11-21(28)12-10-19/h2-3,6-7,9-12,17,20H,4-5,8,13-16H2,1H3,(H,29,34). The largest absolute Gasteiger partial charge is 0.343 e. The molecule has 2 heterocycles. The van der Waals surface area contributed by atoms with Crippen LogP contribution in [0.3, 0.4) is 0 Å². The minimum absolute atomic E-state index is 0.114. The molecule has 6 nitrogen and oxygen atoms in total. The van der Waals surface area contributed by atoms with Gasteiger partial charge in [0, 0.05) is 53.5 Å². The Morgan fingerprint density at radius 2 is 1.77 bits per heavy atom. The third-order valence-electron chi connectivity index (χ3n) is 6.20. The van der Waals surface area contributed by atoms with Gasteiger partial charge in [-0.25, -0.2) is 4.98 Å². The number of amides is 2. The molecule has 1 aliphatic heterocycles. The second-order valence-electron chi connectivity index (χ2n) is 8.79. The van der Waals surface area contributed by atoms with Crippen LogP contribution in [0.25, 0.3) is 11.1 Å². The summed E-state index contributed by atoms with van der Waals surface area (Å²) in [5.41, 5.74) is 2.99. The molecule has 1 aromatic heterocycles. The van der Waals surface area contributed by atoms with E-state index in [4.69, 9.17) is 11.6 Å². The third kappa shape index (κ3) is 6.55. The molecule has 2 aromatic carbocycles. The molecule has 0 unspecified atom stereocenters. The molecule has 0 atom stereocenters. The van der Waals surface area contributed by atoms with Crippen molar-refractivity contribution in [1.82, 2.24) is 9.88 Å². The van der Waals surface area contributed by atoms with Gasteiger partial charge in [-0.2, -0.15) is 0 Å². The fourth-order valence-corrected chi connectivity index (χ4v) is 5.36. The molecule has 1 N–H and O–H groups in total. The van der Waals surface area contributed by atoms with Gasteiger partial charge < -0.3 is 15.0 Å². The zero-order chi connectivity index (χ0) is 24.8. The lowest BCUT2D eigenvalue weighted by Crippen LogP contribution is -2.37. The van der Waals surface area contributed by atoms with Crippen molar-refractivity contribution in [2.45, 2.75) is 44.9 Å². The first-order chi connectivity index (χ1) is 16.9. The summed E-state index contributed by atoms with van der Waals surface area (Å²) in [5, 5.41) is 6.40. The van der Waals surface area contributed by atoms with Crippen LogP contribution in [0.4, 0.5) is 5.69 Å². The monoisotopic (exact) mass is 509 g/mol.